The number of anilines is 2. The quantitative estimate of drug-likeness (QED) is 0.574. The minimum Gasteiger partial charge on any atom is -0.444 e. The van der Waals surface area contributed by atoms with E-state index in [1.807, 2.05) is 30.3 Å². The standard InChI is InChI=1S/C22H22N4O3/c23-19(21(27)26-20-8-4-5-13-24-20)14-16-9-11-18(12-10-16)25-22(28)29-15-17-6-2-1-3-7-17/h1-13,19H,14-15,23H2,(H,25,28)(H,24,26,27). The van der Waals surface area contributed by atoms with Crippen molar-refractivity contribution in [3.63, 3.8) is 0 Å². The van der Waals surface area contributed by atoms with Crippen molar-refractivity contribution in [3.05, 3.63) is 90.1 Å². The first-order chi connectivity index (χ1) is 14.1. The topological polar surface area (TPSA) is 106 Å². The van der Waals surface area contributed by atoms with Crippen LogP contribution in [0.25, 0.3) is 0 Å². The van der Waals surface area contributed by atoms with Gasteiger partial charge in [0.15, 0.2) is 0 Å². The van der Waals surface area contributed by atoms with E-state index < -0.39 is 12.1 Å². The summed E-state index contributed by atoms with van der Waals surface area (Å²) in [6.45, 7) is 0.199. The molecular formula is C22H22N4O3. The number of nitrogens with one attached hydrogen (secondary N) is 2. The van der Waals surface area contributed by atoms with E-state index in [9.17, 15) is 9.59 Å². The normalized spacial score (nSPS) is 11.3. The van der Waals surface area contributed by atoms with Crippen LogP contribution in [0.3, 0.4) is 0 Å². The minimum atomic E-state index is -0.716. The Morgan fingerprint density at radius 3 is 2.31 bits per heavy atom. The maximum absolute atomic E-state index is 12.2. The van der Waals surface area contributed by atoms with Gasteiger partial charge in [-0.15, -0.1) is 0 Å². The van der Waals surface area contributed by atoms with E-state index >= 15 is 0 Å². The van der Waals surface area contributed by atoms with Crippen LogP contribution in [0.2, 0.25) is 0 Å². The second-order valence-corrected chi connectivity index (χ2v) is 6.40. The van der Waals surface area contributed by atoms with Crippen LogP contribution in [0, 0.1) is 0 Å². The summed E-state index contributed by atoms with van der Waals surface area (Å²) in [5.41, 5.74) is 8.36. The molecule has 0 radical (unpaired) electrons. The van der Waals surface area contributed by atoms with Crippen molar-refractivity contribution in [1.29, 1.82) is 0 Å². The van der Waals surface area contributed by atoms with Gasteiger partial charge in [-0.3, -0.25) is 10.1 Å². The number of amides is 2. The number of pyridine rings is 1. The highest BCUT2D eigenvalue weighted by Gasteiger charge is 2.15. The third kappa shape index (κ3) is 6.44. The summed E-state index contributed by atoms with van der Waals surface area (Å²) in [7, 11) is 0. The predicted molar refractivity (Wildman–Crippen MR) is 111 cm³/mol. The van der Waals surface area contributed by atoms with Gasteiger partial charge in [-0.1, -0.05) is 48.5 Å². The highest BCUT2D eigenvalue weighted by atomic mass is 16.5. The first kappa shape index (κ1) is 20.0. The minimum absolute atomic E-state index is 0.199. The van der Waals surface area contributed by atoms with Crippen molar-refractivity contribution in [1.82, 2.24) is 4.98 Å². The second kappa shape index (κ2) is 10.0. The lowest BCUT2D eigenvalue weighted by atomic mass is 10.1. The number of ether oxygens (including phenoxy) is 1. The Balaban J connectivity index is 1.46. The highest BCUT2D eigenvalue weighted by molar-refractivity contribution is 5.94. The molecule has 3 aromatic rings. The first-order valence-electron chi connectivity index (χ1n) is 9.14. The van der Waals surface area contributed by atoms with Gasteiger partial charge in [0.25, 0.3) is 0 Å². The van der Waals surface area contributed by atoms with E-state index in [1.54, 1.807) is 48.7 Å². The molecular weight excluding hydrogens is 368 g/mol. The van der Waals surface area contributed by atoms with Crippen LogP contribution < -0.4 is 16.4 Å². The molecule has 0 aliphatic rings. The summed E-state index contributed by atoms with van der Waals surface area (Å²) in [6.07, 6.45) is 1.42. The van der Waals surface area contributed by atoms with Gasteiger partial charge < -0.3 is 15.8 Å². The highest BCUT2D eigenvalue weighted by Crippen LogP contribution is 2.12. The molecule has 148 valence electrons. The van der Waals surface area contributed by atoms with Crippen LogP contribution in [0.5, 0.6) is 0 Å². The van der Waals surface area contributed by atoms with Gasteiger partial charge in [-0.05, 0) is 41.8 Å². The summed E-state index contributed by atoms with van der Waals surface area (Å²) in [6, 6.07) is 21.1. The third-order valence-corrected chi connectivity index (χ3v) is 4.12. The van der Waals surface area contributed by atoms with E-state index in [2.05, 4.69) is 15.6 Å². The lowest BCUT2D eigenvalue weighted by molar-refractivity contribution is -0.117. The number of nitrogens with zero attached hydrogens (tertiary/aromatic N) is 1. The molecule has 3 rings (SSSR count). The summed E-state index contributed by atoms with van der Waals surface area (Å²) < 4.78 is 5.19. The van der Waals surface area contributed by atoms with Crippen LogP contribution >= 0.6 is 0 Å². The van der Waals surface area contributed by atoms with E-state index in [1.165, 1.54) is 0 Å². The zero-order valence-electron chi connectivity index (χ0n) is 15.7. The van der Waals surface area contributed by atoms with Gasteiger partial charge >= 0.3 is 6.09 Å². The Bertz CT molecular complexity index is 931. The number of nitrogens with two attached hydrogens (primary N) is 1. The number of hydrogen-bond acceptors (Lipinski definition) is 5. The monoisotopic (exact) mass is 390 g/mol. The Hall–Kier alpha value is -3.71. The number of carbonyl (C=O) groups is 2. The van der Waals surface area contributed by atoms with E-state index in [4.69, 9.17) is 10.5 Å². The maximum Gasteiger partial charge on any atom is 0.411 e. The van der Waals surface area contributed by atoms with Crippen molar-refractivity contribution in [2.24, 2.45) is 5.73 Å². The van der Waals surface area contributed by atoms with Crippen LogP contribution in [0.15, 0.2) is 79.0 Å². The smallest absolute Gasteiger partial charge is 0.411 e. The van der Waals surface area contributed by atoms with Gasteiger partial charge in [-0.25, -0.2) is 9.78 Å². The fraction of sp³-hybridized carbons (Fsp3) is 0.136. The number of carbonyl (C=O) groups excluding carboxylic acids is 2. The van der Waals surface area contributed by atoms with Gasteiger partial charge in [0, 0.05) is 11.9 Å². The largest absolute Gasteiger partial charge is 0.444 e. The van der Waals surface area contributed by atoms with Crippen LogP contribution in [-0.4, -0.2) is 23.0 Å². The van der Waals surface area contributed by atoms with Crippen LogP contribution in [0.4, 0.5) is 16.3 Å². The molecule has 2 aromatic carbocycles. The van der Waals surface area contributed by atoms with Gasteiger partial charge in [0.05, 0.1) is 6.04 Å². The summed E-state index contributed by atoms with van der Waals surface area (Å²) in [4.78, 5) is 28.1. The zero-order valence-corrected chi connectivity index (χ0v) is 15.7. The van der Waals surface area contributed by atoms with E-state index in [0.29, 0.717) is 17.9 Å². The molecule has 1 aromatic heterocycles. The SMILES string of the molecule is NC(Cc1ccc(NC(=O)OCc2ccccc2)cc1)C(=O)Nc1ccccn1. The molecule has 0 saturated carbocycles. The molecule has 29 heavy (non-hydrogen) atoms. The average Bonchev–Trinajstić information content (AvgIpc) is 2.75. The molecule has 0 saturated heterocycles. The fourth-order valence-corrected chi connectivity index (χ4v) is 2.60. The second-order valence-electron chi connectivity index (χ2n) is 6.40. The van der Waals surface area contributed by atoms with Gasteiger partial charge in [0.2, 0.25) is 5.91 Å². The lowest BCUT2D eigenvalue weighted by Crippen LogP contribution is -2.37. The number of benzene rings is 2. The van der Waals surface area contributed by atoms with Crippen LogP contribution in [0.1, 0.15) is 11.1 Å². The van der Waals surface area contributed by atoms with Gasteiger partial charge in [0.1, 0.15) is 12.4 Å². The molecule has 1 atom stereocenters. The molecule has 0 aliphatic heterocycles. The van der Waals surface area contributed by atoms with Crippen molar-refractivity contribution < 1.29 is 14.3 Å². The molecule has 0 bridgehead atoms. The van der Waals surface area contributed by atoms with Gasteiger partial charge in [-0.2, -0.15) is 0 Å². The van der Waals surface area contributed by atoms with Crippen LogP contribution in [-0.2, 0) is 22.6 Å². The molecule has 4 N–H and O–H groups in total. The molecule has 0 spiro atoms. The van der Waals surface area contributed by atoms with Crippen molar-refractivity contribution in [2.45, 2.75) is 19.1 Å². The average molecular weight is 390 g/mol. The molecule has 7 heteroatoms. The predicted octanol–water partition coefficient (Wildman–Crippen LogP) is 3.34. The van der Waals surface area contributed by atoms with E-state index in [-0.39, 0.29) is 12.5 Å². The molecule has 7 nitrogen and oxygen atoms in total. The lowest BCUT2D eigenvalue weighted by Gasteiger charge is -2.12. The molecule has 2 amide bonds. The van der Waals surface area contributed by atoms with E-state index in [0.717, 1.165) is 11.1 Å². The third-order valence-electron chi connectivity index (χ3n) is 4.12. The fourth-order valence-electron chi connectivity index (χ4n) is 2.60. The summed E-state index contributed by atoms with van der Waals surface area (Å²) >= 11 is 0. The van der Waals surface area contributed by atoms with Crippen molar-refractivity contribution in [3.8, 4) is 0 Å². The molecule has 1 unspecified atom stereocenters. The van der Waals surface area contributed by atoms with Crippen molar-refractivity contribution in [2.75, 3.05) is 10.6 Å². The Labute approximate surface area is 168 Å². The molecule has 0 aliphatic carbocycles. The first-order valence-corrected chi connectivity index (χ1v) is 9.14. The number of rotatable bonds is 7. The Morgan fingerprint density at radius 2 is 1.62 bits per heavy atom. The Kier molecular flexibility index (Phi) is 6.91. The van der Waals surface area contributed by atoms with Crippen molar-refractivity contribution >= 4 is 23.5 Å². The zero-order chi connectivity index (χ0) is 20.5. The maximum atomic E-state index is 12.2. The number of aromatic nitrogens is 1. The summed E-state index contributed by atoms with van der Waals surface area (Å²) in [5, 5.41) is 5.35. The Morgan fingerprint density at radius 1 is 0.897 bits per heavy atom. The molecule has 0 fully saturated rings. The molecule has 1 heterocycles. The summed E-state index contributed by atoms with van der Waals surface area (Å²) in [5.74, 6) is 0.150. The number of hydrogen-bond donors (Lipinski definition) is 3.